The normalized spacial score (nSPS) is 10.4. The summed E-state index contributed by atoms with van der Waals surface area (Å²) in [6, 6.07) is 7.82. The number of ether oxygens (including phenoxy) is 1. The van der Waals surface area contributed by atoms with E-state index in [1.807, 2.05) is 31.2 Å². The molecule has 7 heteroatoms. The molecule has 0 aliphatic carbocycles. The van der Waals surface area contributed by atoms with E-state index in [0.29, 0.717) is 19.6 Å². The van der Waals surface area contributed by atoms with Crippen LogP contribution in [0.4, 0.5) is 0 Å². The van der Waals surface area contributed by atoms with Gasteiger partial charge in [0, 0.05) is 26.6 Å². The maximum absolute atomic E-state index is 10.8. The summed E-state index contributed by atoms with van der Waals surface area (Å²) >= 11 is 0. The Labute approximate surface area is 149 Å². The summed E-state index contributed by atoms with van der Waals surface area (Å²) in [5.74, 6) is 1.54. The van der Waals surface area contributed by atoms with Crippen LogP contribution in [0, 0.1) is 0 Å². The number of rotatable bonds is 7. The summed E-state index contributed by atoms with van der Waals surface area (Å²) in [6.45, 7) is 6.09. The van der Waals surface area contributed by atoms with Crippen LogP contribution in [-0.4, -0.2) is 38.6 Å². The van der Waals surface area contributed by atoms with Crippen LogP contribution in [0.1, 0.15) is 19.4 Å². The van der Waals surface area contributed by atoms with Crippen molar-refractivity contribution in [2.75, 3.05) is 26.7 Å². The van der Waals surface area contributed by atoms with E-state index in [1.165, 1.54) is 6.92 Å². The van der Waals surface area contributed by atoms with Crippen LogP contribution in [0.3, 0.4) is 0 Å². The summed E-state index contributed by atoms with van der Waals surface area (Å²) in [6.07, 6.45) is 0. The first-order valence-corrected chi connectivity index (χ1v) is 7.05. The predicted octanol–water partition coefficient (Wildman–Crippen LogP) is 1.50. The standard InChI is InChI=1S/C15H24N4O2.HI/c1-4-16-15(18-10-9-17-12(2)20)19-11-13-5-7-14(21-3)8-6-13;/h5-8H,4,9-11H2,1-3H3,(H,17,20)(H2,16,18,19);1H. The van der Waals surface area contributed by atoms with Gasteiger partial charge in [-0.2, -0.15) is 0 Å². The van der Waals surface area contributed by atoms with Gasteiger partial charge in [-0.3, -0.25) is 4.79 Å². The van der Waals surface area contributed by atoms with E-state index >= 15 is 0 Å². The average molecular weight is 420 g/mol. The zero-order valence-corrected chi connectivity index (χ0v) is 15.6. The highest BCUT2D eigenvalue weighted by molar-refractivity contribution is 14.0. The van der Waals surface area contributed by atoms with Crippen molar-refractivity contribution in [2.45, 2.75) is 20.4 Å². The molecular weight excluding hydrogens is 395 g/mol. The second kappa shape index (κ2) is 12.1. The third-order valence-electron chi connectivity index (χ3n) is 2.71. The highest BCUT2D eigenvalue weighted by atomic mass is 127. The number of carbonyl (C=O) groups excluding carboxylic acids is 1. The number of halogens is 1. The van der Waals surface area contributed by atoms with Gasteiger partial charge in [0.15, 0.2) is 5.96 Å². The van der Waals surface area contributed by atoms with Gasteiger partial charge < -0.3 is 20.7 Å². The van der Waals surface area contributed by atoms with Crippen LogP contribution < -0.4 is 20.7 Å². The fourth-order valence-corrected chi connectivity index (χ4v) is 1.66. The molecule has 0 saturated heterocycles. The van der Waals surface area contributed by atoms with E-state index in [-0.39, 0.29) is 29.9 Å². The second-order valence-electron chi connectivity index (χ2n) is 4.45. The van der Waals surface area contributed by atoms with E-state index in [1.54, 1.807) is 7.11 Å². The van der Waals surface area contributed by atoms with Crippen molar-refractivity contribution in [2.24, 2.45) is 4.99 Å². The first-order chi connectivity index (χ1) is 10.2. The van der Waals surface area contributed by atoms with Crippen LogP contribution in [0.5, 0.6) is 5.75 Å². The van der Waals surface area contributed by atoms with E-state index in [4.69, 9.17) is 4.74 Å². The van der Waals surface area contributed by atoms with Gasteiger partial charge in [0.1, 0.15) is 5.75 Å². The highest BCUT2D eigenvalue weighted by Gasteiger charge is 1.98. The van der Waals surface area contributed by atoms with Crippen molar-refractivity contribution >= 4 is 35.8 Å². The molecule has 1 rings (SSSR count). The van der Waals surface area contributed by atoms with Crippen molar-refractivity contribution in [3.05, 3.63) is 29.8 Å². The predicted molar refractivity (Wildman–Crippen MR) is 99.9 cm³/mol. The molecule has 0 aliphatic heterocycles. The quantitative estimate of drug-likeness (QED) is 0.271. The smallest absolute Gasteiger partial charge is 0.216 e. The summed E-state index contributed by atoms with van der Waals surface area (Å²) in [5.41, 5.74) is 1.11. The molecule has 0 unspecified atom stereocenters. The van der Waals surface area contributed by atoms with E-state index < -0.39 is 0 Å². The maximum atomic E-state index is 10.8. The monoisotopic (exact) mass is 420 g/mol. The lowest BCUT2D eigenvalue weighted by Crippen LogP contribution is -2.41. The van der Waals surface area contributed by atoms with Gasteiger partial charge in [-0.15, -0.1) is 24.0 Å². The zero-order valence-electron chi connectivity index (χ0n) is 13.3. The fourth-order valence-electron chi connectivity index (χ4n) is 1.66. The van der Waals surface area contributed by atoms with Crippen molar-refractivity contribution < 1.29 is 9.53 Å². The first kappa shape index (κ1) is 20.5. The molecule has 0 fully saturated rings. The molecule has 0 saturated carbocycles. The molecule has 124 valence electrons. The minimum Gasteiger partial charge on any atom is -0.497 e. The number of amides is 1. The number of methoxy groups -OCH3 is 1. The Balaban J connectivity index is 0.00000441. The topological polar surface area (TPSA) is 74.8 Å². The van der Waals surface area contributed by atoms with Crippen LogP contribution in [0.25, 0.3) is 0 Å². The molecule has 0 heterocycles. The van der Waals surface area contributed by atoms with Crippen molar-refractivity contribution in [3.63, 3.8) is 0 Å². The molecule has 22 heavy (non-hydrogen) atoms. The number of hydrogen-bond donors (Lipinski definition) is 3. The van der Waals surface area contributed by atoms with Gasteiger partial charge >= 0.3 is 0 Å². The van der Waals surface area contributed by atoms with Crippen molar-refractivity contribution in [1.82, 2.24) is 16.0 Å². The van der Waals surface area contributed by atoms with Gasteiger partial charge in [0.25, 0.3) is 0 Å². The van der Waals surface area contributed by atoms with Crippen molar-refractivity contribution in [1.29, 1.82) is 0 Å². The Morgan fingerprint density at radius 2 is 1.77 bits per heavy atom. The maximum Gasteiger partial charge on any atom is 0.216 e. The molecule has 0 bridgehead atoms. The van der Waals surface area contributed by atoms with Crippen LogP contribution in [0.15, 0.2) is 29.3 Å². The third kappa shape index (κ3) is 8.71. The first-order valence-electron chi connectivity index (χ1n) is 7.05. The highest BCUT2D eigenvalue weighted by Crippen LogP contribution is 2.11. The van der Waals surface area contributed by atoms with Gasteiger partial charge in [0.05, 0.1) is 13.7 Å². The lowest BCUT2D eigenvalue weighted by molar-refractivity contribution is -0.118. The second-order valence-corrected chi connectivity index (χ2v) is 4.45. The molecular formula is C15H25IN4O2. The summed E-state index contributed by atoms with van der Waals surface area (Å²) in [7, 11) is 1.65. The molecule has 0 spiro atoms. The number of hydrogen-bond acceptors (Lipinski definition) is 3. The lowest BCUT2D eigenvalue weighted by Gasteiger charge is -2.11. The average Bonchev–Trinajstić information content (AvgIpc) is 2.49. The SMILES string of the molecule is CCNC(=NCc1ccc(OC)cc1)NCCNC(C)=O.I. The van der Waals surface area contributed by atoms with Crippen LogP contribution in [0.2, 0.25) is 0 Å². The van der Waals surface area contributed by atoms with E-state index in [9.17, 15) is 4.79 Å². The third-order valence-corrected chi connectivity index (χ3v) is 2.71. The molecule has 0 aliphatic rings. The number of nitrogens with one attached hydrogen (secondary N) is 3. The van der Waals surface area contributed by atoms with Gasteiger partial charge in [-0.05, 0) is 24.6 Å². The molecule has 0 radical (unpaired) electrons. The lowest BCUT2D eigenvalue weighted by atomic mass is 10.2. The number of nitrogens with zero attached hydrogens (tertiary/aromatic N) is 1. The largest absolute Gasteiger partial charge is 0.497 e. The summed E-state index contributed by atoms with van der Waals surface area (Å²) < 4.78 is 5.12. The van der Waals surface area contributed by atoms with Gasteiger partial charge in [-0.25, -0.2) is 4.99 Å². The molecule has 1 aromatic rings. The van der Waals surface area contributed by atoms with Crippen LogP contribution >= 0.6 is 24.0 Å². The minimum absolute atomic E-state index is 0. The zero-order chi connectivity index (χ0) is 15.5. The Morgan fingerprint density at radius 1 is 1.14 bits per heavy atom. The molecule has 3 N–H and O–H groups in total. The Kier molecular flexibility index (Phi) is 11.2. The summed E-state index contributed by atoms with van der Waals surface area (Å²) in [5, 5.41) is 9.06. The summed E-state index contributed by atoms with van der Waals surface area (Å²) in [4.78, 5) is 15.3. The van der Waals surface area contributed by atoms with E-state index in [2.05, 4.69) is 20.9 Å². The molecule has 0 aromatic heterocycles. The number of guanidine groups is 1. The molecule has 1 aromatic carbocycles. The number of aliphatic imine (C=N–C) groups is 1. The van der Waals surface area contributed by atoms with E-state index in [0.717, 1.165) is 23.8 Å². The van der Waals surface area contributed by atoms with Crippen molar-refractivity contribution in [3.8, 4) is 5.75 Å². The Morgan fingerprint density at radius 3 is 2.32 bits per heavy atom. The minimum atomic E-state index is -0.0306. The fraction of sp³-hybridized carbons (Fsp3) is 0.467. The number of benzene rings is 1. The van der Waals surface area contributed by atoms with Gasteiger partial charge in [-0.1, -0.05) is 12.1 Å². The van der Waals surface area contributed by atoms with Gasteiger partial charge in [0.2, 0.25) is 5.91 Å². The molecule has 0 atom stereocenters. The molecule has 6 nitrogen and oxygen atoms in total. The number of carbonyl (C=O) groups is 1. The Bertz CT molecular complexity index is 463. The van der Waals surface area contributed by atoms with Crippen LogP contribution in [-0.2, 0) is 11.3 Å². The Hall–Kier alpha value is -1.51. The molecule has 1 amide bonds.